The number of esters is 1. The molecule has 1 aromatic heterocycles. The van der Waals surface area contributed by atoms with Gasteiger partial charge >= 0.3 is 11.6 Å². The highest BCUT2D eigenvalue weighted by Crippen LogP contribution is 2.27. The first-order chi connectivity index (χ1) is 11.5. The Hall–Kier alpha value is -3.08. The highest BCUT2D eigenvalue weighted by molar-refractivity contribution is 5.90. The quantitative estimate of drug-likeness (QED) is 0.589. The summed E-state index contributed by atoms with van der Waals surface area (Å²) in [5.41, 5.74) is 2.15. The number of carbonyl (C=O) groups excluding carboxylic acids is 1. The summed E-state index contributed by atoms with van der Waals surface area (Å²) in [6.45, 7) is 3.49. The number of phenolic OH excluding ortho intramolecular Hbond substituents is 1. The van der Waals surface area contributed by atoms with Crippen LogP contribution in [0.5, 0.6) is 5.75 Å². The molecule has 0 unspecified atom stereocenters. The molecule has 0 fully saturated rings. The summed E-state index contributed by atoms with van der Waals surface area (Å²) in [7, 11) is 0. The van der Waals surface area contributed by atoms with E-state index in [1.807, 2.05) is 13.0 Å². The molecular formula is C19H16O5. The molecule has 0 aliphatic heterocycles. The number of hydrogen-bond acceptors (Lipinski definition) is 5. The van der Waals surface area contributed by atoms with Crippen molar-refractivity contribution in [1.82, 2.24) is 0 Å². The van der Waals surface area contributed by atoms with Crippen molar-refractivity contribution < 1.29 is 19.1 Å². The SMILES string of the molecule is Cc1cccc(C(=O)OCc2cc(=O)oc3c(C)c(O)ccc23)c1. The molecule has 3 rings (SSSR count). The summed E-state index contributed by atoms with van der Waals surface area (Å²) in [6, 6.07) is 11.5. The van der Waals surface area contributed by atoms with Crippen LogP contribution < -0.4 is 5.63 Å². The van der Waals surface area contributed by atoms with Crippen molar-refractivity contribution >= 4 is 16.9 Å². The van der Waals surface area contributed by atoms with E-state index in [-0.39, 0.29) is 12.4 Å². The molecule has 122 valence electrons. The molecule has 0 aliphatic rings. The van der Waals surface area contributed by atoms with Gasteiger partial charge in [-0.05, 0) is 38.1 Å². The zero-order chi connectivity index (χ0) is 17.3. The fourth-order valence-corrected chi connectivity index (χ4v) is 2.53. The van der Waals surface area contributed by atoms with Crippen LogP contribution in [-0.2, 0) is 11.3 Å². The fraction of sp³-hybridized carbons (Fsp3) is 0.158. The second-order valence-corrected chi connectivity index (χ2v) is 5.62. The normalized spacial score (nSPS) is 10.8. The average molecular weight is 324 g/mol. The van der Waals surface area contributed by atoms with Gasteiger partial charge in [-0.1, -0.05) is 17.7 Å². The fourth-order valence-electron chi connectivity index (χ4n) is 2.53. The molecule has 2 aromatic carbocycles. The molecule has 0 bridgehead atoms. The van der Waals surface area contributed by atoms with Crippen LogP contribution in [0.3, 0.4) is 0 Å². The lowest BCUT2D eigenvalue weighted by atomic mass is 10.1. The van der Waals surface area contributed by atoms with Crippen LogP contribution in [0.4, 0.5) is 0 Å². The number of rotatable bonds is 3. The van der Waals surface area contributed by atoms with Crippen LogP contribution in [0.2, 0.25) is 0 Å². The Bertz CT molecular complexity index is 985. The van der Waals surface area contributed by atoms with E-state index in [9.17, 15) is 14.7 Å². The topological polar surface area (TPSA) is 76.7 Å². The van der Waals surface area contributed by atoms with E-state index in [1.165, 1.54) is 12.1 Å². The molecule has 0 spiro atoms. The highest BCUT2D eigenvalue weighted by Gasteiger charge is 2.13. The van der Waals surface area contributed by atoms with E-state index >= 15 is 0 Å². The monoisotopic (exact) mass is 324 g/mol. The van der Waals surface area contributed by atoms with Gasteiger partial charge in [0.05, 0.1) is 5.56 Å². The largest absolute Gasteiger partial charge is 0.508 e. The van der Waals surface area contributed by atoms with E-state index < -0.39 is 11.6 Å². The lowest BCUT2D eigenvalue weighted by Crippen LogP contribution is -2.08. The van der Waals surface area contributed by atoms with Crippen LogP contribution in [0.15, 0.2) is 51.7 Å². The Balaban J connectivity index is 1.92. The number of fused-ring (bicyclic) bond motifs is 1. The van der Waals surface area contributed by atoms with Crippen LogP contribution in [0.25, 0.3) is 11.0 Å². The minimum Gasteiger partial charge on any atom is -0.508 e. The van der Waals surface area contributed by atoms with Gasteiger partial charge in [-0.25, -0.2) is 9.59 Å². The van der Waals surface area contributed by atoms with Crippen molar-refractivity contribution in [2.45, 2.75) is 20.5 Å². The second-order valence-electron chi connectivity index (χ2n) is 5.62. The number of hydrogen-bond donors (Lipinski definition) is 1. The standard InChI is InChI=1S/C19H16O5/c1-11-4-3-5-13(8-11)19(22)23-10-14-9-17(21)24-18-12(2)16(20)7-6-15(14)18/h3-9,20H,10H2,1-2H3. The summed E-state index contributed by atoms with van der Waals surface area (Å²) in [6.07, 6.45) is 0. The maximum absolute atomic E-state index is 12.1. The molecule has 0 radical (unpaired) electrons. The number of benzene rings is 2. The number of carbonyl (C=O) groups is 1. The summed E-state index contributed by atoms with van der Waals surface area (Å²) >= 11 is 0. The van der Waals surface area contributed by atoms with Crippen molar-refractivity contribution in [3.05, 3.63) is 75.1 Å². The Morgan fingerprint density at radius 2 is 1.96 bits per heavy atom. The molecule has 0 saturated heterocycles. The smallest absolute Gasteiger partial charge is 0.338 e. The number of phenols is 1. The Labute approximate surface area is 138 Å². The number of aryl methyl sites for hydroxylation is 2. The minimum atomic E-state index is -0.558. The van der Waals surface area contributed by atoms with Gasteiger partial charge in [0.15, 0.2) is 0 Å². The number of ether oxygens (including phenoxy) is 1. The van der Waals surface area contributed by atoms with Gasteiger partial charge in [-0.2, -0.15) is 0 Å². The predicted octanol–water partition coefficient (Wildman–Crippen LogP) is 3.47. The summed E-state index contributed by atoms with van der Waals surface area (Å²) in [5, 5.41) is 10.4. The molecule has 24 heavy (non-hydrogen) atoms. The maximum Gasteiger partial charge on any atom is 0.338 e. The number of aromatic hydroxyl groups is 1. The first-order valence-electron chi connectivity index (χ1n) is 7.45. The van der Waals surface area contributed by atoms with Crippen molar-refractivity contribution in [3.63, 3.8) is 0 Å². The third-order valence-corrected chi connectivity index (χ3v) is 3.83. The second kappa shape index (κ2) is 6.20. The van der Waals surface area contributed by atoms with Gasteiger partial charge in [0.25, 0.3) is 0 Å². The van der Waals surface area contributed by atoms with Gasteiger partial charge in [-0.15, -0.1) is 0 Å². The maximum atomic E-state index is 12.1. The lowest BCUT2D eigenvalue weighted by Gasteiger charge is -2.09. The molecule has 5 heteroatoms. The Morgan fingerprint density at radius 1 is 1.17 bits per heavy atom. The summed E-state index contributed by atoms with van der Waals surface area (Å²) in [5.74, 6) is -0.421. The molecule has 1 heterocycles. The molecule has 3 aromatic rings. The first kappa shape index (κ1) is 15.8. The molecule has 5 nitrogen and oxygen atoms in total. The van der Waals surface area contributed by atoms with Crippen LogP contribution in [0.1, 0.15) is 27.0 Å². The van der Waals surface area contributed by atoms with E-state index in [0.717, 1.165) is 5.56 Å². The zero-order valence-corrected chi connectivity index (χ0v) is 13.3. The molecular weight excluding hydrogens is 308 g/mol. The van der Waals surface area contributed by atoms with Crippen LogP contribution in [-0.4, -0.2) is 11.1 Å². The van der Waals surface area contributed by atoms with Gasteiger partial charge in [0, 0.05) is 22.6 Å². The summed E-state index contributed by atoms with van der Waals surface area (Å²) in [4.78, 5) is 23.9. The van der Waals surface area contributed by atoms with Gasteiger partial charge in [0.1, 0.15) is 17.9 Å². The van der Waals surface area contributed by atoms with Crippen LogP contribution in [0, 0.1) is 13.8 Å². The average Bonchev–Trinajstić information content (AvgIpc) is 2.56. The van der Waals surface area contributed by atoms with Crippen molar-refractivity contribution in [2.75, 3.05) is 0 Å². The van der Waals surface area contributed by atoms with Crippen molar-refractivity contribution in [1.29, 1.82) is 0 Å². The molecule has 0 aliphatic carbocycles. The summed E-state index contributed by atoms with van der Waals surface area (Å²) < 4.78 is 10.5. The minimum absolute atomic E-state index is 0.0413. The van der Waals surface area contributed by atoms with Crippen LogP contribution >= 0.6 is 0 Å². The molecule has 0 atom stereocenters. The molecule has 0 amide bonds. The van der Waals surface area contributed by atoms with Gasteiger partial charge in [0.2, 0.25) is 0 Å². The van der Waals surface area contributed by atoms with Gasteiger partial charge < -0.3 is 14.3 Å². The predicted molar refractivity (Wildman–Crippen MR) is 89.2 cm³/mol. The van der Waals surface area contributed by atoms with E-state index in [2.05, 4.69) is 0 Å². The third kappa shape index (κ3) is 3.01. The zero-order valence-electron chi connectivity index (χ0n) is 13.3. The van der Waals surface area contributed by atoms with E-state index in [0.29, 0.717) is 27.7 Å². The van der Waals surface area contributed by atoms with Crippen molar-refractivity contribution in [2.24, 2.45) is 0 Å². The molecule has 1 N–H and O–H groups in total. The Morgan fingerprint density at radius 3 is 2.71 bits per heavy atom. The van der Waals surface area contributed by atoms with Gasteiger partial charge in [-0.3, -0.25) is 0 Å². The van der Waals surface area contributed by atoms with E-state index in [1.54, 1.807) is 31.2 Å². The van der Waals surface area contributed by atoms with Crippen molar-refractivity contribution in [3.8, 4) is 5.75 Å². The molecule has 0 saturated carbocycles. The van der Waals surface area contributed by atoms with E-state index in [4.69, 9.17) is 9.15 Å². The highest BCUT2D eigenvalue weighted by atomic mass is 16.5. The first-order valence-corrected chi connectivity index (χ1v) is 7.45. The third-order valence-electron chi connectivity index (χ3n) is 3.83. The lowest BCUT2D eigenvalue weighted by molar-refractivity contribution is 0.0473. The Kier molecular flexibility index (Phi) is 4.08.